The molecule has 7 heteroatoms. The van der Waals surface area contributed by atoms with Crippen LogP contribution in [0.15, 0.2) is 34.8 Å². The van der Waals surface area contributed by atoms with E-state index < -0.39 is 0 Å². The van der Waals surface area contributed by atoms with E-state index in [0.29, 0.717) is 31.2 Å². The molecule has 2 N–H and O–H groups in total. The Morgan fingerprint density at radius 3 is 2.65 bits per heavy atom. The lowest BCUT2D eigenvalue weighted by molar-refractivity contribution is 0.629. The van der Waals surface area contributed by atoms with Crippen molar-refractivity contribution in [3.63, 3.8) is 0 Å². The smallest absolute Gasteiger partial charge is 0.205 e. The van der Waals surface area contributed by atoms with Gasteiger partial charge in [-0.3, -0.25) is 4.57 Å². The first-order valence-electron chi connectivity index (χ1n) is 5.56. The monoisotopic (exact) mass is 373 g/mol. The van der Waals surface area contributed by atoms with Crippen LogP contribution in [-0.4, -0.2) is 9.55 Å². The van der Waals surface area contributed by atoms with Gasteiger partial charge in [0.15, 0.2) is 0 Å². The third kappa shape index (κ3) is 2.06. The largest absolute Gasteiger partial charge is 0.369 e. The molecular weight excluding hydrogens is 368 g/mol. The predicted octanol–water partition coefficient (Wildman–Crippen LogP) is 4.82. The van der Waals surface area contributed by atoms with Crippen molar-refractivity contribution in [2.45, 2.75) is 0 Å². The highest BCUT2D eigenvalue weighted by atomic mass is 79.9. The van der Waals surface area contributed by atoms with Crippen LogP contribution < -0.4 is 5.73 Å². The first-order chi connectivity index (χ1) is 9.49. The Labute approximate surface area is 132 Å². The van der Waals surface area contributed by atoms with Crippen molar-refractivity contribution in [1.82, 2.24) is 9.55 Å². The highest BCUT2D eigenvalue weighted by molar-refractivity contribution is 9.10. The van der Waals surface area contributed by atoms with Gasteiger partial charge in [0.1, 0.15) is 5.82 Å². The van der Waals surface area contributed by atoms with Crippen LogP contribution >= 0.6 is 39.1 Å². The molecule has 1 heterocycles. The molecule has 3 aromatic rings. The van der Waals surface area contributed by atoms with Crippen LogP contribution in [0.25, 0.3) is 16.7 Å². The Balaban J connectivity index is 2.35. The van der Waals surface area contributed by atoms with E-state index in [1.165, 1.54) is 12.1 Å². The lowest BCUT2D eigenvalue weighted by Gasteiger charge is -2.10. The van der Waals surface area contributed by atoms with Gasteiger partial charge in [-0.25, -0.2) is 9.37 Å². The third-order valence-corrected chi connectivity index (χ3v) is 4.66. The Hall–Kier alpha value is -1.30. The summed E-state index contributed by atoms with van der Waals surface area (Å²) < 4.78 is 15.5. The average molecular weight is 375 g/mol. The van der Waals surface area contributed by atoms with Crippen LogP contribution in [0.3, 0.4) is 0 Å². The van der Waals surface area contributed by atoms with Gasteiger partial charge >= 0.3 is 0 Å². The minimum absolute atomic E-state index is 0.214. The summed E-state index contributed by atoms with van der Waals surface area (Å²) >= 11 is 15.7. The van der Waals surface area contributed by atoms with Gasteiger partial charge in [-0.05, 0) is 40.2 Å². The molecule has 0 aliphatic carbocycles. The standard InChI is InChI=1S/C13H7BrCl2FN3/c14-7-2-4-10(12(16)11(7)15)20-9-3-1-6(17)5-8(9)19-13(20)18/h1-5H,(H2,18,19). The summed E-state index contributed by atoms with van der Waals surface area (Å²) in [6.45, 7) is 0. The number of fused-ring (bicyclic) bond motifs is 1. The van der Waals surface area contributed by atoms with Crippen molar-refractivity contribution < 1.29 is 4.39 Å². The molecule has 0 aliphatic rings. The van der Waals surface area contributed by atoms with Crippen molar-refractivity contribution in [3.8, 4) is 5.69 Å². The molecule has 102 valence electrons. The van der Waals surface area contributed by atoms with Crippen LogP contribution in [0.2, 0.25) is 10.0 Å². The van der Waals surface area contributed by atoms with E-state index in [-0.39, 0.29) is 11.8 Å². The van der Waals surface area contributed by atoms with E-state index in [1.807, 2.05) is 0 Å². The number of aromatic nitrogens is 2. The lowest BCUT2D eigenvalue weighted by atomic mass is 10.2. The first kappa shape index (κ1) is 13.7. The summed E-state index contributed by atoms with van der Waals surface area (Å²) in [5, 5.41) is 0.726. The maximum atomic E-state index is 13.2. The van der Waals surface area contributed by atoms with Crippen molar-refractivity contribution >= 4 is 56.1 Å². The van der Waals surface area contributed by atoms with Gasteiger partial charge in [0, 0.05) is 10.5 Å². The average Bonchev–Trinajstić information content (AvgIpc) is 2.72. The lowest BCUT2D eigenvalue weighted by Crippen LogP contribution is -2.01. The van der Waals surface area contributed by atoms with Gasteiger partial charge < -0.3 is 5.73 Å². The van der Waals surface area contributed by atoms with Gasteiger partial charge in [-0.1, -0.05) is 23.2 Å². The molecule has 0 fully saturated rings. The van der Waals surface area contributed by atoms with Crippen LogP contribution in [0.1, 0.15) is 0 Å². The number of imidazole rings is 1. The molecule has 0 saturated carbocycles. The predicted molar refractivity (Wildman–Crippen MR) is 83.2 cm³/mol. The quantitative estimate of drug-likeness (QED) is 0.620. The van der Waals surface area contributed by atoms with Crippen molar-refractivity contribution in [2.24, 2.45) is 0 Å². The molecule has 0 atom stereocenters. The summed E-state index contributed by atoms with van der Waals surface area (Å²) in [5.41, 5.74) is 7.61. The number of anilines is 1. The fraction of sp³-hybridized carbons (Fsp3) is 0. The van der Waals surface area contributed by atoms with Gasteiger partial charge in [-0.15, -0.1) is 0 Å². The molecule has 0 saturated heterocycles. The summed E-state index contributed by atoms with van der Waals surface area (Å²) in [6, 6.07) is 7.78. The molecule has 20 heavy (non-hydrogen) atoms. The fourth-order valence-corrected chi connectivity index (χ4v) is 2.87. The Bertz CT molecular complexity index is 832. The number of halogens is 4. The number of rotatable bonds is 1. The zero-order valence-electron chi connectivity index (χ0n) is 9.87. The Morgan fingerprint density at radius 1 is 1.15 bits per heavy atom. The summed E-state index contributed by atoms with van der Waals surface area (Å²) in [5.74, 6) is -0.159. The minimum atomic E-state index is -0.373. The molecule has 0 aliphatic heterocycles. The van der Waals surface area contributed by atoms with E-state index in [4.69, 9.17) is 28.9 Å². The van der Waals surface area contributed by atoms with E-state index in [2.05, 4.69) is 20.9 Å². The zero-order chi connectivity index (χ0) is 14.4. The fourth-order valence-electron chi connectivity index (χ4n) is 2.01. The molecule has 0 radical (unpaired) electrons. The molecule has 0 amide bonds. The van der Waals surface area contributed by atoms with E-state index >= 15 is 0 Å². The Morgan fingerprint density at radius 2 is 1.90 bits per heavy atom. The van der Waals surface area contributed by atoms with Gasteiger partial charge in [0.05, 0.1) is 26.8 Å². The van der Waals surface area contributed by atoms with Crippen molar-refractivity contribution in [2.75, 3.05) is 5.73 Å². The highest BCUT2D eigenvalue weighted by Gasteiger charge is 2.16. The second kappa shape index (κ2) is 4.91. The topological polar surface area (TPSA) is 43.8 Å². The number of benzene rings is 2. The molecule has 0 spiro atoms. The van der Waals surface area contributed by atoms with E-state index in [1.54, 1.807) is 22.8 Å². The number of hydrogen-bond donors (Lipinski definition) is 1. The molecule has 0 unspecified atom stereocenters. The molecule has 1 aromatic heterocycles. The molecule has 3 nitrogen and oxygen atoms in total. The van der Waals surface area contributed by atoms with Crippen LogP contribution in [0.5, 0.6) is 0 Å². The zero-order valence-corrected chi connectivity index (χ0v) is 13.0. The van der Waals surface area contributed by atoms with E-state index in [0.717, 1.165) is 0 Å². The number of nitrogens with two attached hydrogens (primary N) is 1. The van der Waals surface area contributed by atoms with Crippen LogP contribution in [0.4, 0.5) is 10.3 Å². The first-order valence-corrected chi connectivity index (χ1v) is 7.11. The second-order valence-electron chi connectivity index (χ2n) is 4.13. The van der Waals surface area contributed by atoms with Crippen LogP contribution in [0, 0.1) is 5.82 Å². The summed E-state index contributed by atoms with van der Waals surface area (Å²) in [4.78, 5) is 4.13. The van der Waals surface area contributed by atoms with Gasteiger partial charge in [0.25, 0.3) is 0 Å². The Kier molecular flexibility index (Phi) is 3.36. The maximum Gasteiger partial charge on any atom is 0.205 e. The minimum Gasteiger partial charge on any atom is -0.369 e. The summed E-state index contributed by atoms with van der Waals surface area (Å²) in [7, 11) is 0. The SMILES string of the molecule is Nc1nc2cc(F)ccc2n1-c1ccc(Br)c(Cl)c1Cl. The molecular formula is C13H7BrCl2FN3. The second-order valence-corrected chi connectivity index (χ2v) is 5.74. The molecule has 2 aromatic carbocycles. The summed E-state index contributed by atoms with van der Waals surface area (Å²) in [6.07, 6.45) is 0. The normalized spacial score (nSPS) is 11.2. The molecule has 0 bridgehead atoms. The maximum absolute atomic E-state index is 13.2. The third-order valence-electron chi connectivity index (χ3n) is 2.90. The van der Waals surface area contributed by atoms with Crippen molar-refractivity contribution in [1.29, 1.82) is 0 Å². The number of nitrogen functional groups attached to an aromatic ring is 1. The van der Waals surface area contributed by atoms with Gasteiger partial charge in [-0.2, -0.15) is 0 Å². The van der Waals surface area contributed by atoms with Crippen LogP contribution in [-0.2, 0) is 0 Å². The number of nitrogens with zero attached hydrogens (tertiary/aromatic N) is 2. The number of hydrogen-bond acceptors (Lipinski definition) is 2. The molecule has 3 rings (SSSR count). The van der Waals surface area contributed by atoms with Gasteiger partial charge in [0.2, 0.25) is 5.95 Å². The van der Waals surface area contributed by atoms with E-state index in [9.17, 15) is 4.39 Å². The van der Waals surface area contributed by atoms with Crippen molar-refractivity contribution in [3.05, 3.63) is 50.7 Å². The highest BCUT2D eigenvalue weighted by Crippen LogP contribution is 2.37.